The lowest BCUT2D eigenvalue weighted by atomic mass is 10.2. The average Bonchev–Trinajstić information content (AvgIpc) is 2.48. The molecule has 1 rings (SSSR count). The summed E-state index contributed by atoms with van der Waals surface area (Å²) in [5, 5.41) is 0. The molecule has 1 atom stereocenters. The highest BCUT2D eigenvalue weighted by Crippen LogP contribution is 2.01. The second kappa shape index (κ2) is 9.72. The third-order valence-electron chi connectivity index (χ3n) is 2.51. The molecule has 0 N–H and O–H groups in total. The van der Waals surface area contributed by atoms with Crippen molar-refractivity contribution in [2.45, 2.75) is 26.6 Å². The van der Waals surface area contributed by atoms with Crippen molar-refractivity contribution in [3.05, 3.63) is 48.0 Å². The predicted molar refractivity (Wildman–Crippen MR) is 77.4 cm³/mol. The highest BCUT2D eigenvalue weighted by atomic mass is 16.6. The van der Waals surface area contributed by atoms with Gasteiger partial charge in [0.2, 0.25) is 0 Å². The quantitative estimate of drug-likeness (QED) is 0.418. The molecule has 21 heavy (non-hydrogen) atoms. The van der Waals surface area contributed by atoms with Gasteiger partial charge < -0.3 is 14.2 Å². The van der Waals surface area contributed by atoms with Crippen LogP contribution in [0.5, 0.6) is 0 Å². The monoisotopic (exact) mass is 292 g/mol. The van der Waals surface area contributed by atoms with Crippen LogP contribution in [0.1, 0.15) is 19.4 Å². The van der Waals surface area contributed by atoms with Crippen molar-refractivity contribution in [3.63, 3.8) is 0 Å². The van der Waals surface area contributed by atoms with E-state index in [2.05, 4.69) is 0 Å². The van der Waals surface area contributed by atoms with Crippen LogP contribution in [-0.4, -0.2) is 31.3 Å². The molecule has 0 saturated carbocycles. The van der Waals surface area contributed by atoms with E-state index in [9.17, 15) is 9.59 Å². The third kappa shape index (κ3) is 7.27. The molecule has 5 nitrogen and oxygen atoms in total. The molecule has 1 unspecified atom stereocenters. The number of ether oxygens (including phenoxy) is 3. The summed E-state index contributed by atoms with van der Waals surface area (Å²) in [4.78, 5) is 22.7. The van der Waals surface area contributed by atoms with Crippen molar-refractivity contribution < 1.29 is 23.8 Å². The summed E-state index contributed by atoms with van der Waals surface area (Å²) in [5.41, 5.74) is 1.05. The van der Waals surface area contributed by atoms with E-state index in [1.807, 2.05) is 30.3 Å². The zero-order valence-electron chi connectivity index (χ0n) is 12.3. The first kappa shape index (κ1) is 16.9. The summed E-state index contributed by atoms with van der Waals surface area (Å²) in [6.07, 6.45) is 1.85. The number of carbonyl (C=O) groups excluding carboxylic acids is 2. The van der Waals surface area contributed by atoms with Gasteiger partial charge in [-0.25, -0.2) is 9.59 Å². The first-order chi connectivity index (χ1) is 10.1. The van der Waals surface area contributed by atoms with Crippen LogP contribution in [0.2, 0.25) is 0 Å². The minimum Gasteiger partial charge on any atom is -0.461 e. The number of rotatable bonds is 8. The van der Waals surface area contributed by atoms with Crippen molar-refractivity contribution in [1.82, 2.24) is 0 Å². The van der Waals surface area contributed by atoms with Gasteiger partial charge in [-0.3, -0.25) is 0 Å². The Morgan fingerprint density at radius 3 is 2.57 bits per heavy atom. The Labute approximate surface area is 124 Å². The Morgan fingerprint density at radius 1 is 1.19 bits per heavy atom. The average molecular weight is 292 g/mol. The molecule has 0 saturated heterocycles. The van der Waals surface area contributed by atoms with Crippen molar-refractivity contribution in [2.24, 2.45) is 0 Å². The highest BCUT2D eigenvalue weighted by Gasteiger charge is 2.17. The van der Waals surface area contributed by atoms with Gasteiger partial charge in [0.25, 0.3) is 0 Å². The summed E-state index contributed by atoms with van der Waals surface area (Å²) in [7, 11) is 0. The first-order valence-electron chi connectivity index (χ1n) is 6.75. The predicted octanol–water partition coefficient (Wildman–Crippen LogP) is 2.25. The molecule has 0 heterocycles. The van der Waals surface area contributed by atoms with E-state index >= 15 is 0 Å². The van der Waals surface area contributed by atoms with Crippen LogP contribution in [0.4, 0.5) is 0 Å². The highest BCUT2D eigenvalue weighted by molar-refractivity contribution is 5.85. The van der Waals surface area contributed by atoms with Crippen LogP contribution in [0.15, 0.2) is 42.5 Å². The number of carbonyl (C=O) groups is 2. The van der Waals surface area contributed by atoms with E-state index in [1.54, 1.807) is 6.92 Å². The summed E-state index contributed by atoms with van der Waals surface area (Å²) in [6, 6.07) is 9.70. The Kier molecular flexibility index (Phi) is 7.82. The van der Waals surface area contributed by atoms with E-state index in [4.69, 9.17) is 14.2 Å². The summed E-state index contributed by atoms with van der Waals surface area (Å²) >= 11 is 0. The minimum atomic E-state index is -0.928. The van der Waals surface area contributed by atoms with Gasteiger partial charge in [0.1, 0.15) is 6.61 Å². The van der Waals surface area contributed by atoms with Crippen molar-refractivity contribution in [1.29, 1.82) is 0 Å². The molecule has 0 spiro atoms. The van der Waals surface area contributed by atoms with E-state index in [1.165, 1.54) is 19.1 Å². The van der Waals surface area contributed by atoms with Gasteiger partial charge in [-0.1, -0.05) is 36.4 Å². The smallest absolute Gasteiger partial charge is 0.347 e. The van der Waals surface area contributed by atoms with Gasteiger partial charge in [-0.15, -0.1) is 0 Å². The van der Waals surface area contributed by atoms with Crippen LogP contribution in [0.3, 0.4) is 0 Å². The fraction of sp³-hybridized carbons (Fsp3) is 0.375. The maximum atomic E-state index is 11.5. The number of esters is 2. The van der Waals surface area contributed by atoms with Crippen LogP contribution in [0, 0.1) is 0 Å². The molecule has 0 aliphatic carbocycles. The van der Waals surface area contributed by atoms with Crippen molar-refractivity contribution in [3.8, 4) is 0 Å². The molecule has 0 fully saturated rings. The Balaban J connectivity index is 2.14. The fourth-order valence-electron chi connectivity index (χ4n) is 1.48. The molecular weight excluding hydrogens is 272 g/mol. The summed E-state index contributed by atoms with van der Waals surface area (Å²) in [5.74, 6) is -1.15. The summed E-state index contributed by atoms with van der Waals surface area (Å²) in [6.45, 7) is 4.03. The zero-order valence-corrected chi connectivity index (χ0v) is 12.3. The maximum absolute atomic E-state index is 11.5. The number of benzene rings is 1. The molecule has 0 bridgehead atoms. The fourth-order valence-corrected chi connectivity index (χ4v) is 1.48. The molecule has 0 aromatic heterocycles. The summed E-state index contributed by atoms with van der Waals surface area (Å²) < 4.78 is 15.2. The van der Waals surface area contributed by atoms with Crippen LogP contribution in [0.25, 0.3) is 0 Å². The minimum absolute atomic E-state index is 0.122. The van der Waals surface area contributed by atoms with Gasteiger partial charge in [0.05, 0.1) is 13.2 Å². The van der Waals surface area contributed by atoms with Crippen LogP contribution < -0.4 is 0 Å². The molecule has 0 radical (unpaired) electrons. The van der Waals surface area contributed by atoms with Crippen molar-refractivity contribution in [2.75, 3.05) is 13.2 Å². The van der Waals surface area contributed by atoms with E-state index < -0.39 is 18.0 Å². The largest absolute Gasteiger partial charge is 0.461 e. The zero-order chi connectivity index (χ0) is 15.5. The van der Waals surface area contributed by atoms with E-state index in [0.29, 0.717) is 6.61 Å². The molecular formula is C16H20O5. The lowest BCUT2D eigenvalue weighted by Gasteiger charge is -2.11. The molecule has 114 valence electrons. The van der Waals surface area contributed by atoms with Crippen molar-refractivity contribution >= 4 is 11.9 Å². The Morgan fingerprint density at radius 2 is 1.90 bits per heavy atom. The molecule has 0 amide bonds. The number of hydrogen-bond donors (Lipinski definition) is 0. The Bertz CT molecular complexity index is 467. The SMILES string of the molecule is C/C=C/C(=O)OC(C)C(=O)OCCOCc1ccccc1. The van der Waals surface area contributed by atoms with Gasteiger partial charge in [-0.05, 0) is 19.4 Å². The molecule has 1 aromatic carbocycles. The molecule has 5 heteroatoms. The first-order valence-corrected chi connectivity index (χ1v) is 6.75. The van der Waals surface area contributed by atoms with Crippen LogP contribution in [-0.2, 0) is 30.4 Å². The normalized spacial score (nSPS) is 12.1. The number of hydrogen-bond acceptors (Lipinski definition) is 5. The second-order valence-electron chi connectivity index (χ2n) is 4.28. The Hall–Kier alpha value is -2.14. The topological polar surface area (TPSA) is 61.8 Å². The lowest BCUT2D eigenvalue weighted by Crippen LogP contribution is -2.26. The third-order valence-corrected chi connectivity index (χ3v) is 2.51. The van der Waals surface area contributed by atoms with Gasteiger partial charge in [-0.2, -0.15) is 0 Å². The standard InChI is InChI=1S/C16H20O5/c1-3-7-15(17)21-13(2)16(18)20-11-10-19-12-14-8-5-4-6-9-14/h3-9,13H,10-12H2,1-2H3/b7-3+. The van der Waals surface area contributed by atoms with Gasteiger partial charge in [0.15, 0.2) is 6.10 Å². The van der Waals surface area contributed by atoms with E-state index in [0.717, 1.165) is 5.56 Å². The molecule has 0 aliphatic heterocycles. The van der Waals surface area contributed by atoms with Crippen LogP contribution >= 0.6 is 0 Å². The second-order valence-corrected chi connectivity index (χ2v) is 4.28. The molecule has 1 aromatic rings. The number of allylic oxidation sites excluding steroid dienone is 1. The van der Waals surface area contributed by atoms with E-state index in [-0.39, 0.29) is 13.2 Å². The van der Waals surface area contributed by atoms with Gasteiger partial charge in [0, 0.05) is 6.08 Å². The molecule has 0 aliphatic rings. The maximum Gasteiger partial charge on any atom is 0.347 e. The van der Waals surface area contributed by atoms with Gasteiger partial charge >= 0.3 is 11.9 Å². The lowest BCUT2D eigenvalue weighted by molar-refractivity contribution is -0.164.